The second-order valence-corrected chi connectivity index (χ2v) is 3.62. The number of aromatic hydroxyl groups is 2. The molecule has 0 amide bonds. The summed E-state index contributed by atoms with van der Waals surface area (Å²) in [6, 6.07) is 4.81. The molecule has 1 rings (SSSR count). The Bertz CT molecular complexity index is 290. The van der Waals surface area contributed by atoms with Gasteiger partial charge in [-0.25, -0.2) is 0 Å². The van der Waals surface area contributed by atoms with E-state index in [0.29, 0.717) is 0 Å². The Hall–Kier alpha value is -1.18. The zero-order chi connectivity index (χ0) is 10.4. The van der Waals surface area contributed by atoms with E-state index < -0.39 is 0 Å². The largest absolute Gasteiger partial charge is 0.508 e. The molecule has 2 N–H and O–H groups in total. The second-order valence-electron chi connectivity index (χ2n) is 3.62. The molecule has 0 fully saturated rings. The normalized spacial score (nSPS) is 10.4. The van der Waals surface area contributed by atoms with Gasteiger partial charge in [-0.2, -0.15) is 0 Å². The number of aryl methyl sites for hydroxylation is 1. The lowest BCUT2D eigenvalue weighted by molar-refractivity contribution is 0.445. The van der Waals surface area contributed by atoms with Crippen molar-refractivity contribution in [3.8, 4) is 11.5 Å². The first kappa shape index (κ1) is 10.9. The highest BCUT2D eigenvalue weighted by Gasteiger charge is 2.01. The standard InChI is InChI=1S/C12H18O2.2H2/c1-2-3-4-5-6-10-7-8-11(13)9-12(10)14;;/h7-9,13-14H,2-6H2,1H3;2*1H. The van der Waals surface area contributed by atoms with Gasteiger partial charge in [0.15, 0.2) is 0 Å². The van der Waals surface area contributed by atoms with Crippen LogP contribution in [0, 0.1) is 0 Å². The second kappa shape index (κ2) is 5.53. The van der Waals surface area contributed by atoms with Gasteiger partial charge >= 0.3 is 0 Å². The molecule has 82 valence electrons. The van der Waals surface area contributed by atoms with Gasteiger partial charge in [0.25, 0.3) is 0 Å². The molecule has 0 atom stereocenters. The Morgan fingerprint density at radius 1 is 1.14 bits per heavy atom. The summed E-state index contributed by atoms with van der Waals surface area (Å²) in [5, 5.41) is 18.6. The van der Waals surface area contributed by atoms with Gasteiger partial charge in [0.05, 0.1) is 0 Å². The fourth-order valence-corrected chi connectivity index (χ4v) is 1.51. The maximum absolute atomic E-state index is 9.49. The molecule has 0 aliphatic heterocycles. The zero-order valence-electron chi connectivity index (χ0n) is 8.66. The molecule has 0 radical (unpaired) electrons. The van der Waals surface area contributed by atoms with Crippen molar-refractivity contribution in [2.45, 2.75) is 39.0 Å². The zero-order valence-corrected chi connectivity index (χ0v) is 8.66. The predicted octanol–water partition coefficient (Wildman–Crippen LogP) is 3.71. The number of hydrogen-bond acceptors (Lipinski definition) is 2. The van der Waals surface area contributed by atoms with E-state index in [1.807, 2.05) is 0 Å². The van der Waals surface area contributed by atoms with Gasteiger partial charge in [-0.3, -0.25) is 0 Å². The van der Waals surface area contributed by atoms with Crippen molar-refractivity contribution in [3.63, 3.8) is 0 Å². The molecule has 0 aromatic heterocycles. The Morgan fingerprint density at radius 3 is 2.57 bits per heavy atom. The quantitative estimate of drug-likeness (QED) is 0.708. The summed E-state index contributed by atoms with van der Waals surface area (Å²) < 4.78 is 0. The lowest BCUT2D eigenvalue weighted by Gasteiger charge is -2.04. The highest BCUT2D eigenvalue weighted by molar-refractivity contribution is 5.38. The molecule has 1 aromatic carbocycles. The van der Waals surface area contributed by atoms with Crippen LogP contribution in [0.25, 0.3) is 0 Å². The third-order valence-corrected chi connectivity index (χ3v) is 2.37. The van der Waals surface area contributed by atoms with E-state index in [-0.39, 0.29) is 14.4 Å². The Morgan fingerprint density at radius 2 is 1.93 bits per heavy atom. The van der Waals surface area contributed by atoms with Crippen molar-refractivity contribution in [2.75, 3.05) is 0 Å². The van der Waals surface area contributed by atoms with Crippen LogP contribution in [0.1, 0.15) is 41.0 Å². The summed E-state index contributed by atoms with van der Waals surface area (Å²) in [7, 11) is 0. The lowest BCUT2D eigenvalue weighted by atomic mass is 10.1. The topological polar surface area (TPSA) is 40.5 Å². The highest BCUT2D eigenvalue weighted by atomic mass is 16.3. The van der Waals surface area contributed by atoms with Gasteiger partial charge < -0.3 is 10.2 Å². The van der Waals surface area contributed by atoms with Crippen molar-refractivity contribution >= 4 is 0 Å². The summed E-state index contributed by atoms with van der Waals surface area (Å²) in [5.41, 5.74) is 0.930. The molecule has 2 heteroatoms. The highest BCUT2D eigenvalue weighted by Crippen LogP contribution is 2.24. The first-order chi connectivity index (χ1) is 6.74. The first-order valence-electron chi connectivity index (χ1n) is 5.25. The summed E-state index contributed by atoms with van der Waals surface area (Å²) >= 11 is 0. The SMILES string of the molecule is CCCCCCc1ccc(O)cc1O.[HH].[HH]. The van der Waals surface area contributed by atoms with Gasteiger partial charge in [-0.15, -0.1) is 0 Å². The maximum Gasteiger partial charge on any atom is 0.122 e. The fraction of sp³-hybridized carbons (Fsp3) is 0.500. The van der Waals surface area contributed by atoms with Crippen LogP contribution in [-0.4, -0.2) is 10.2 Å². The fourth-order valence-electron chi connectivity index (χ4n) is 1.51. The minimum Gasteiger partial charge on any atom is -0.508 e. The average molecular weight is 198 g/mol. The summed E-state index contributed by atoms with van der Waals surface area (Å²) in [5.74, 6) is 0.335. The van der Waals surface area contributed by atoms with E-state index in [2.05, 4.69) is 6.92 Å². The summed E-state index contributed by atoms with van der Waals surface area (Å²) in [4.78, 5) is 0. The molecule has 0 saturated carbocycles. The number of unbranched alkanes of at least 4 members (excludes halogenated alkanes) is 3. The van der Waals surface area contributed by atoms with E-state index in [0.717, 1.165) is 18.4 Å². The minimum atomic E-state index is 0. The number of phenols is 2. The van der Waals surface area contributed by atoms with Gasteiger partial charge in [0.2, 0.25) is 0 Å². The summed E-state index contributed by atoms with van der Waals surface area (Å²) in [6.07, 6.45) is 5.68. The van der Waals surface area contributed by atoms with E-state index in [9.17, 15) is 5.11 Å². The predicted molar refractivity (Wildman–Crippen MR) is 61.8 cm³/mol. The number of rotatable bonds is 5. The molecule has 0 aliphatic carbocycles. The van der Waals surface area contributed by atoms with Crippen LogP contribution in [0.4, 0.5) is 0 Å². The van der Waals surface area contributed by atoms with Crippen molar-refractivity contribution in [1.29, 1.82) is 0 Å². The van der Waals surface area contributed by atoms with Crippen molar-refractivity contribution in [1.82, 2.24) is 0 Å². The van der Waals surface area contributed by atoms with Crippen LogP contribution in [0.5, 0.6) is 11.5 Å². The Balaban J connectivity index is 0. The third-order valence-electron chi connectivity index (χ3n) is 2.37. The molecule has 0 heterocycles. The molecule has 1 aromatic rings. The van der Waals surface area contributed by atoms with E-state index in [4.69, 9.17) is 5.11 Å². The molecule has 0 unspecified atom stereocenters. The van der Waals surface area contributed by atoms with Crippen LogP contribution >= 0.6 is 0 Å². The average Bonchev–Trinajstić information content (AvgIpc) is 2.15. The molecule has 0 bridgehead atoms. The van der Waals surface area contributed by atoms with Gasteiger partial charge in [-0.05, 0) is 24.5 Å². The maximum atomic E-state index is 9.49. The number of hydrogen-bond donors (Lipinski definition) is 2. The van der Waals surface area contributed by atoms with E-state index in [1.54, 1.807) is 12.1 Å². The van der Waals surface area contributed by atoms with Gasteiger partial charge in [-0.1, -0.05) is 32.3 Å². The third kappa shape index (κ3) is 3.29. The number of phenolic OH excluding ortho intramolecular Hbond substituents is 2. The monoisotopic (exact) mass is 198 g/mol. The van der Waals surface area contributed by atoms with Crippen molar-refractivity contribution < 1.29 is 13.1 Å². The molecule has 0 spiro atoms. The molecule has 0 aliphatic rings. The molecule has 2 nitrogen and oxygen atoms in total. The smallest absolute Gasteiger partial charge is 0.122 e. The molecular formula is C12H22O2. The van der Waals surface area contributed by atoms with Crippen LogP contribution < -0.4 is 0 Å². The van der Waals surface area contributed by atoms with E-state index in [1.165, 1.54) is 25.3 Å². The van der Waals surface area contributed by atoms with Crippen LogP contribution in [0.15, 0.2) is 18.2 Å². The van der Waals surface area contributed by atoms with Gasteiger partial charge in [0.1, 0.15) is 11.5 Å². The molecule has 0 saturated heterocycles. The first-order valence-corrected chi connectivity index (χ1v) is 5.25. The van der Waals surface area contributed by atoms with Crippen molar-refractivity contribution in [3.05, 3.63) is 23.8 Å². The van der Waals surface area contributed by atoms with E-state index >= 15 is 0 Å². The Kier molecular flexibility index (Phi) is 4.30. The summed E-state index contributed by atoms with van der Waals surface area (Å²) in [6.45, 7) is 2.18. The van der Waals surface area contributed by atoms with Crippen LogP contribution in [0.2, 0.25) is 0 Å². The Labute approximate surface area is 88.2 Å². The van der Waals surface area contributed by atoms with Crippen LogP contribution in [0.3, 0.4) is 0 Å². The van der Waals surface area contributed by atoms with Crippen LogP contribution in [-0.2, 0) is 6.42 Å². The van der Waals surface area contributed by atoms with Crippen molar-refractivity contribution in [2.24, 2.45) is 0 Å². The lowest BCUT2D eigenvalue weighted by Crippen LogP contribution is -1.86. The molecule has 14 heavy (non-hydrogen) atoms. The number of benzene rings is 1. The van der Waals surface area contributed by atoms with Gasteiger partial charge in [0, 0.05) is 8.92 Å². The minimum absolute atomic E-state index is 0. The molecular weight excluding hydrogens is 176 g/mol.